The highest BCUT2D eigenvalue weighted by Gasteiger charge is 2.21. The Morgan fingerprint density at radius 3 is 2.48 bits per heavy atom. The van der Waals surface area contributed by atoms with E-state index in [1.165, 1.54) is 16.2 Å². The van der Waals surface area contributed by atoms with Gasteiger partial charge in [0.05, 0.1) is 18.7 Å². The lowest BCUT2D eigenvalue weighted by atomic mass is 10.2. The van der Waals surface area contributed by atoms with Crippen LogP contribution in [0.25, 0.3) is 10.6 Å². The van der Waals surface area contributed by atoms with E-state index in [1.54, 1.807) is 6.92 Å². The number of carbonyl (C=O) groups is 2. The van der Waals surface area contributed by atoms with Gasteiger partial charge in [-0.25, -0.2) is 4.98 Å². The van der Waals surface area contributed by atoms with Crippen molar-refractivity contribution in [3.05, 3.63) is 34.8 Å². The maximum atomic E-state index is 12.7. The van der Waals surface area contributed by atoms with Crippen molar-refractivity contribution >= 4 is 23.2 Å². The summed E-state index contributed by atoms with van der Waals surface area (Å²) < 4.78 is 5.43. The molecule has 0 aliphatic carbocycles. The van der Waals surface area contributed by atoms with Crippen molar-refractivity contribution in [2.45, 2.75) is 27.2 Å². The normalized spacial score (nSPS) is 10.5. The van der Waals surface area contributed by atoms with Crippen LogP contribution in [0.2, 0.25) is 0 Å². The number of thiazole rings is 1. The number of amides is 1. The quantitative estimate of drug-likeness (QED) is 0.778. The van der Waals surface area contributed by atoms with Crippen LogP contribution in [0.1, 0.15) is 35.6 Å². The minimum atomic E-state index is -0.914. The zero-order valence-electron chi connectivity index (χ0n) is 14.6. The molecule has 0 unspecified atom stereocenters. The molecule has 6 nitrogen and oxygen atoms in total. The number of aliphatic carboxylic acids is 1. The zero-order chi connectivity index (χ0) is 18.4. The van der Waals surface area contributed by atoms with Crippen molar-refractivity contribution < 1.29 is 19.4 Å². The van der Waals surface area contributed by atoms with Gasteiger partial charge in [-0.2, -0.15) is 0 Å². The largest absolute Gasteiger partial charge is 0.494 e. The van der Waals surface area contributed by atoms with Gasteiger partial charge in [0, 0.05) is 18.7 Å². The lowest BCUT2D eigenvalue weighted by Crippen LogP contribution is -2.32. The van der Waals surface area contributed by atoms with Gasteiger partial charge in [-0.1, -0.05) is 0 Å². The average molecular weight is 362 g/mol. The molecule has 0 aliphatic rings. The number of rotatable bonds is 8. The Balaban J connectivity index is 2.20. The number of carbonyl (C=O) groups excluding carboxylic acids is 1. The number of hydrogen-bond acceptors (Lipinski definition) is 5. The third-order valence-electron chi connectivity index (χ3n) is 3.67. The van der Waals surface area contributed by atoms with Gasteiger partial charge in [-0.3, -0.25) is 9.59 Å². The molecule has 0 atom stereocenters. The van der Waals surface area contributed by atoms with Gasteiger partial charge in [-0.05, 0) is 45.0 Å². The fourth-order valence-electron chi connectivity index (χ4n) is 2.36. The second-order valence-electron chi connectivity index (χ2n) is 5.42. The van der Waals surface area contributed by atoms with E-state index in [1.807, 2.05) is 38.1 Å². The average Bonchev–Trinajstić information content (AvgIpc) is 2.97. The van der Waals surface area contributed by atoms with E-state index in [0.717, 1.165) is 16.3 Å². The summed E-state index contributed by atoms with van der Waals surface area (Å²) in [5.41, 5.74) is 1.58. The fourth-order valence-corrected chi connectivity index (χ4v) is 3.40. The van der Waals surface area contributed by atoms with Gasteiger partial charge in [0.25, 0.3) is 5.91 Å². The highest BCUT2D eigenvalue weighted by atomic mass is 32.1. The molecular weight excluding hydrogens is 340 g/mol. The van der Waals surface area contributed by atoms with Crippen molar-refractivity contribution in [1.29, 1.82) is 0 Å². The van der Waals surface area contributed by atoms with Crippen LogP contribution in [0.4, 0.5) is 0 Å². The molecule has 1 heterocycles. The maximum absolute atomic E-state index is 12.7. The molecule has 0 fully saturated rings. The molecular formula is C18H22N2O4S. The van der Waals surface area contributed by atoms with Gasteiger partial charge < -0.3 is 14.7 Å². The van der Waals surface area contributed by atoms with E-state index in [0.29, 0.717) is 23.7 Å². The molecule has 134 valence electrons. The molecule has 0 bridgehead atoms. The SMILES string of the molecule is CCOc1ccc(-c2nc(C)c(C(=O)N(CC)CCC(=O)O)s2)cc1. The number of aromatic nitrogens is 1. The number of ether oxygens (including phenoxy) is 1. The number of nitrogens with zero attached hydrogens (tertiary/aromatic N) is 2. The molecule has 0 saturated carbocycles. The third kappa shape index (κ3) is 4.79. The summed E-state index contributed by atoms with van der Waals surface area (Å²) in [6.07, 6.45) is -0.0663. The minimum Gasteiger partial charge on any atom is -0.494 e. The summed E-state index contributed by atoms with van der Waals surface area (Å²) in [4.78, 5) is 30.0. The molecule has 2 rings (SSSR count). The summed E-state index contributed by atoms with van der Waals surface area (Å²) in [5.74, 6) is -0.292. The molecule has 0 saturated heterocycles. The van der Waals surface area contributed by atoms with Crippen molar-refractivity contribution in [3.63, 3.8) is 0 Å². The molecule has 1 aromatic carbocycles. The number of carboxylic acids is 1. The van der Waals surface area contributed by atoms with Crippen LogP contribution in [0, 0.1) is 6.92 Å². The van der Waals surface area contributed by atoms with E-state index in [4.69, 9.17) is 9.84 Å². The lowest BCUT2D eigenvalue weighted by Gasteiger charge is -2.19. The molecule has 7 heteroatoms. The summed E-state index contributed by atoms with van der Waals surface area (Å²) in [6, 6.07) is 7.59. The van der Waals surface area contributed by atoms with Gasteiger partial charge >= 0.3 is 5.97 Å². The predicted molar refractivity (Wildman–Crippen MR) is 97.3 cm³/mol. The van der Waals surface area contributed by atoms with Crippen LogP contribution in [-0.4, -0.2) is 46.6 Å². The summed E-state index contributed by atoms with van der Waals surface area (Å²) >= 11 is 1.33. The van der Waals surface area contributed by atoms with Crippen molar-refractivity contribution in [3.8, 4) is 16.3 Å². The number of hydrogen-bond donors (Lipinski definition) is 1. The van der Waals surface area contributed by atoms with E-state index in [9.17, 15) is 9.59 Å². The number of carboxylic acid groups (broad SMARTS) is 1. The second kappa shape index (κ2) is 8.62. The van der Waals surface area contributed by atoms with Gasteiger partial charge in [-0.15, -0.1) is 11.3 Å². The third-order valence-corrected chi connectivity index (χ3v) is 4.86. The van der Waals surface area contributed by atoms with Crippen LogP contribution in [0.5, 0.6) is 5.75 Å². The van der Waals surface area contributed by atoms with Crippen LogP contribution in [0.15, 0.2) is 24.3 Å². The van der Waals surface area contributed by atoms with Crippen LogP contribution in [0.3, 0.4) is 0 Å². The van der Waals surface area contributed by atoms with E-state index in [-0.39, 0.29) is 18.9 Å². The topological polar surface area (TPSA) is 79.7 Å². The highest BCUT2D eigenvalue weighted by molar-refractivity contribution is 7.17. The van der Waals surface area contributed by atoms with Crippen LogP contribution >= 0.6 is 11.3 Å². The first-order chi connectivity index (χ1) is 12.0. The molecule has 1 amide bonds. The van der Waals surface area contributed by atoms with Gasteiger partial charge in [0.1, 0.15) is 15.6 Å². The Morgan fingerprint density at radius 1 is 1.24 bits per heavy atom. The Kier molecular flexibility index (Phi) is 6.52. The lowest BCUT2D eigenvalue weighted by molar-refractivity contribution is -0.137. The first-order valence-electron chi connectivity index (χ1n) is 8.18. The first kappa shape index (κ1) is 18.9. The minimum absolute atomic E-state index is 0.0663. The Labute approximate surface area is 151 Å². The Hall–Kier alpha value is -2.41. The molecule has 1 N–H and O–H groups in total. The molecule has 2 aromatic rings. The van der Waals surface area contributed by atoms with Gasteiger partial charge in [0.15, 0.2) is 0 Å². The first-order valence-corrected chi connectivity index (χ1v) is 8.99. The summed E-state index contributed by atoms with van der Waals surface area (Å²) in [5, 5.41) is 9.58. The smallest absolute Gasteiger partial charge is 0.305 e. The van der Waals surface area contributed by atoms with E-state index < -0.39 is 5.97 Å². The van der Waals surface area contributed by atoms with Crippen LogP contribution < -0.4 is 4.74 Å². The molecule has 0 radical (unpaired) electrons. The molecule has 0 spiro atoms. The molecule has 1 aromatic heterocycles. The monoisotopic (exact) mass is 362 g/mol. The fraction of sp³-hybridized carbons (Fsp3) is 0.389. The summed E-state index contributed by atoms with van der Waals surface area (Å²) in [7, 11) is 0. The summed E-state index contributed by atoms with van der Waals surface area (Å²) in [6.45, 7) is 6.83. The van der Waals surface area contributed by atoms with Crippen LogP contribution in [-0.2, 0) is 4.79 Å². The highest BCUT2D eigenvalue weighted by Crippen LogP contribution is 2.30. The van der Waals surface area contributed by atoms with Crippen molar-refractivity contribution in [2.75, 3.05) is 19.7 Å². The van der Waals surface area contributed by atoms with Crippen molar-refractivity contribution in [1.82, 2.24) is 9.88 Å². The second-order valence-corrected chi connectivity index (χ2v) is 6.42. The maximum Gasteiger partial charge on any atom is 0.305 e. The standard InChI is InChI=1S/C18H22N2O4S/c1-4-20(11-10-15(21)22)18(23)16-12(3)19-17(25-16)13-6-8-14(9-7-13)24-5-2/h6-9H,4-5,10-11H2,1-3H3,(H,21,22). The Bertz CT molecular complexity index is 740. The zero-order valence-corrected chi connectivity index (χ0v) is 15.4. The van der Waals surface area contributed by atoms with Crippen molar-refractivity contribution in [2.24, 2.45) is 0 Å². The number of benzene rings is 1. The molecule has 0 aliphatic heterocycles. The van der Waals surface area contributed by atoms with Gasteiger partial charge in [0.2, 0.25) is 0 Å². The predicted octanol–water partition coefficient (Wildman–Crippen LogP) is 3.45. The Morgan fingerprint density at radius 2 is 1.92 bits per heavy atom. The van der Waals surface area contributed by atoms with E-state index in [2.05, 4.69) is 4.98 Å². The number of aryl methyl sites for hydroxylation is 1. The molecule has 25 heavy (non-hydrogen) atoms. The van der Waals surface area contributed by atoms with E-state index >= 15 is 0 Å².